The Kier molecular flexibility index (Phi) is 5.21. The van der Waals surface area contributed by atoms with Crippen LogP contribution in [0, 0.1) is 18.2 Å². The van der Waals surface area contributed by atoms with Gasteiger partial charge in [-0.05, 0) is 62.2 Å². The summed E-state index contributed by atoms with van der Waals surface area (Å²) >= 11 is 0. The molecule has 8 heteroatoms. The van der Waals surface area contributed by atoms with Gasteiger partial charge in [0.1, 0.15) is 23.2 Å². The maximum Gasteiger partial charge on any atom is 0.260 e. The Balaban J connectivity index is 1.32. The van der Waals surface area contributed by atoms with Gasteiger partial charge in [0.25, 0.3) is 5.91 Å². The molecule has 2 aromatic heterocycles. The van der Waals surface area contributed by atoms with Crippen molar-refractivity contribution in [3.8, 4) is 17.0 Å². The van der Waals surface area contributed by atoms with E-state index in [0.717, 1.165) is 37.6 Å². The van der Waals surface area contributed by atoms with Crippen molar-refractivity contribution in [2.75, 3.05) is 43.1 Å². The van der Waals surface area contributed by atoms with E-state index in [0.29, 0.717) is 33.8 Å². The topological polar surface area (TPSA) is 70.6 Å². The average molecular weight is 474 g/mol. The highest BCUT2D eigenvalue weighted by molar-refractivity contribution is 6.10. The molecular weight excluding hydrogens is 445 g/mol. The Bertz CT molecular complexity index is 1310. The number of hydrogen-bond acceptors (Lipinski definition) is 6. The Morgan fingerprint density at radius 1 is 1.17 bits per heavy atom. The van der Waals surface area contributed by atoms with Crippen LogP contribution >= 0.6 is 0 Å². The van der Waals surface area contributed by atoms with Gasteiger partial charge in [0.15, 0.2) is 0 Å². The molecule has 6 rings (SSSR count). The highest BCUT2D eigenvalue weighted by Gasteiger charge is 2.44. The summed E-state index contributed by atoms with van der Waals surface area (Å²) in [6.45, 7) is 6.41. The van der Waals surface area contributed by atoms with Crippen LogP contribution in [0.2, 0.25) is 0 Å². The minimum absolute atomic E-state index is 0.153. The maximum absolute atomic E-state index is 14.9. The second-order valence-electron chi connectivity index (χ2n) is 9.89. The summed E-state index contributed by atoms with van der Waals surface area (Å²) in [4.78, 5) is 26.8. The molecule has 2 saturated heterocycles. The number of halogens is 1. The Morgan fingerprint density at radius 2 is 2.00 bits per heavy atom. The van der Waals surface area contributed by atoms with Gasteiger partial charge in [-0.15, -0.1) is 0 Å². The lowest BCUT2D eigenvalue weighted by atomic mass is 9.74. The third-order valence-corrected chi connectivity index (χ3v) is 7.44. The van der Waals surface area contributed by atoms with Crippen LogP contribution in [0.25, 0.3) is 11.3 Å². The van der Waals surface area contributed by atoms with E-state index in [1.807, 2.05) is 13.0 Å². The number of benzene rings is 1. The first-order valence-corrected chi connectivity index (χ1v) is 12.0. The number of nitrogens with zero attached hydrogens (tertiary/aromatic N) is 4. The molecule has 1 N–H and O–H groups in total. The second kappa shape index (κ2) is 8.30. The molecule has 0 saturated carbocycles. The molecule has 2 fully saturated rings. The summed E-state index contributed by atoms with van der Waals surface area (Å²) in [5.74, 6) is 1.30. The van der Waals surface area contributed by atoms with Crippen LogP contribution in [0.3, 0.4) is 0 Å². The van der Waals surface area contributed by atoms with E-state index >= 15 is 0 Å². The number of ether oxygens (including phenoxy) is 1. The molecule has 1 amide bonds. The predicted molar refractivity (Wildman–Crippen MR) is 132 cm³/mol. The van der Waals surface area contributed by atoms with Gasteiger partial charge in [0.05, 0.1) is 24.9 Å². The van der Waals surface area contributed by atoms with Crippen LogP contribution in [0.1, 0.15) is 34.3 Å². The molecular formula is C27H28FN5O2. The van der Waals surface area contributed by atoms with Crippen LogP contribution < -0.4 is 19.9 Å². The predicted octanol–water partition coefficient (Wildman–Crippen LogP) is 3.95. The summed E-state index contributed by atoms with van der Waals surface area (Å²) in [6.07, 6.45) is 4.00. The van der Waals surface area contributed by atoms with Crippen molar-refractivity contribution in [1.29, 1.82) is 0 Å². The number of piperidine rings is 1. The molecule has 5 heterocycles. The molecule has 35 heavy (non-hydrogen) atoms. The van der Waals surface area contributed by atoms with Crippen molar-refractivity contribution in [2.24, 2.45) is 5.41 Å². The molecule has 3 aromatic rings. The SMILES string of the molecule is COc1cccc(F)c1-c1nccc2c1CN(c1cc(C)cc(N3CC4(CCCNC4)C3)n1)C2=O. The van der Waals surface area contributed by atoms with Crippen LogP contribution in [-0.2, 0) is 6.54 Å². The number of anilines is 2. The number of methoxy groups -OCH3 is 1. The number of aromatic nitrogens is 2. The summed E-state index contributed by atoms with van der Waals surface area (Å²) in [7, 11) is 1.50. The molecule has 7 nitrogen and oxygen atoms in total. The lowest BCUT2D eigenvalue weighted by molar-refractivity contribution is 0.0996. The molecule has 0 bridgehead atoms. The zero-order valence-corrected chi connectivity index (χ0v) is 20.0. The quantitative estimate of drug-likeness (QED) is 0.619. The summed E-state index contributed by atoms with van der Waals surface area (Å²) < 4.78 is 20.3. The van der Waals surface area contributed by atoms with Gasteiger partial charge in [0, 0.05) is 42.4 Å². The molecule has 0 radical (unpaired) electrons. The van der Waals surface area contributed by atoms with Crippen molar-refractivity contribution in [3.05, 3.63) is 65.1 Å². The standard InChI is InChI=1S/C27H28FN5O2/c1-17-11-22(32-15-27(16-32)8-4-9-29-14-27)31-23(12-17)33-13-19-18(26(33)34)7-10-30-25(19)24-20(28)5-3-6-21(24)35-2/h3,5-7,10-12,29H,4,8-9,13-16H2,1-2H3. The number of pyridine rings is 2. The van der Waals surface area contributed by atoms with E-state index < -0.39 is 5.82 Å². The number of carbonyl (C=O) groups is 1. The third kappa shape index (κ3) is 3.63. The van der Waals surface area contributed by atoms with E-state index in [4.69, 9.17) is 9.72 Å². The lowest BCUT2D eigenvalue weighted by Crippen LogP contribution is -2.62. The molecule has 1 spiro atoms. The molecule has 0 atom stereocenters. The maximum atomic E-state index is 14.9. The van der Waals surface area contributed by atoms with Gasteiger partial charge in [-0.2, -0.15) is 0 Å². The van der Waals surface area contributed by atoms with E-state index in [-0.39, 0.29) is 18.0 Å². The van der Waals surface area contributed by atoms with Crippen LogP contribution in [0.4, 0.5) is 16.0 Å². The fraction of sp³-hybridized carbons (Fsp3) is 0.370. The van der Waals surface area contributed by atoms with Crippen LogP contribution in [0.5, 0.6) is 5.75 Å². The van der Waals surface area contributed by atoms with Gasteiger partial charge >= 0.3 is 0 Å². The van der Waals surface area contributed by atoms with E-state index in [1.54, 1.807) is 29.3 Å². The van der Waals surface area contributed by atoms with Crippen molar-refractivity contribution >= 4 is 17.5 Å². The summed E-state index contributed by atoms with van der Waals surface area (Å²) in [5.41, 5.74) is 3.28. The Labute approximate surface area is 203 Å². The minimum atomic E-state index is -0.434. The number of fused-ring (bicyclic) bond motifs is 1. The minimum Gasteiger partial charge on any atom is -0.496 e. The lowest BCUT2D eigenvalue weighted by Gasteiger charge is -2.53. The normalized spacial score (nSPS) is 18.5. The summed E-state index contributed by atoms with van der Waals surface area (Å²) in [5, 5.41) is 3.52. The van der Waals surface area contributed by atoms with Gasteiger partial charge < -0.3 is 15.0 Å². The zero-order chi connectivity index (χ0) is 24.2. The monoisotopic (exact) mass is 473 g/mol. The highest BCUT2D eigenvalue weighted by Crippen LogP contribution is 2.41. The molecule has 0 aliphatic carbocycles. The largest absolute Gasteiger partial charge is 0.496 e. The number of amides is 1. The average Bonchev–Trinajstić information content (AvgIpc) is 3.19. The molecule has 180 valence electrons. The number of hydrogen-bond donors (Lipinski definition) is 1. The molecule has 0 unspecified atom stereocenters. The van der Waals surface area contributed by atoms with E-state index in [2.05, 4.69) is 21.3 Å². The zero-order valence-electron chi connectivity index (χ0n) is 20.0. The molecule has 1 aromatic carbocycles. The van der Waals surface area contributed by atoms with Crippen molar-refractivity contribution < 1.29 is 13.9 Å². The first kappa shape index (κ1) is 22.0. The van der Waals surface area contributed by atoms with Crippen LogP contribution in [0.15, 0.2) is 42.6 Å². The number of nitrogens with one attached hydrogen (secondary N) is 1. The van der Waals surface area contributed by atoms with Gasteiger partial charge in [-0.25, -0.2) is 9.37 Å². The molecule has 3 aliphatic heterocycles. The van der Waals surface area contributed by atoms with Gasteiger partial charge in [-0.3, -0.25) is 14.7 Å². The number of aryl methyl sites for hydroxylation is 1. The number of carbonyl (C=O) groups excluding carboxylic acids is 1. The second-order valence-corrected chi connectivity index (χ2v) is 9.89. The van der Waals surface area contributed by atoms with E-state index in [9.17, 15) is 9.18 Å². The first-order chi connectivity index (χ1) is 17.0. The van der Waals surface area contributed by atoms with Crippen molar-refractivity contribution in [3.63, 3.8) is 0 Å². The third-order valence-electron chi connectivity index (χ3n) is 7.44. The first-order valence-electron chi connectivity index (χ1n) is 12.0. The summed E-state index contributed by atoms with van der Waals surface area (Å²) in [6, 6.07) is 10.4. The van der Waals surface area contributed by atoms with Gasteiger partial charge in [0.2, 0.25) is 0 Å². The van der Waals surface area contributed by atoms with E-state index in [1.165, 1.54) is 26.0 Å². The van der Waals surface area contributed by atoms with Gasteiger partial charge in [-0.1, -0.05) is 6.07 Å². The number of rotatable bonds is 4. The van der Waals surface area contributed by atoms with Crippen molar-refractivity contribution in [2.45, 2.75) is 26.3 Å². The smallest absolute Gasteiger partial charge is 0.260 e. The Hall–Kier alpha value is -3.52. The van der Waals surface area contributed by atoms with Crippen molar-refractivity contribution in [1.82, 2.24) is 15.3 Å². The fourth-order valence-electron chi connectivity index (χ4n) is 5.69. The Morgan fingerprint density at radius 3 is 2.77 bits per heavy atom. The highest BCUT2D eigenvalue weighted by atomic mass is 19.1. The molecule has 3 aliphatic rings. The fourth-order valence-corrected chi connectivity index (χ4v) is 5.69. The van der Waals surface area contributed by atoms with Crippen LogP contribution in [-0.4, -0.2) is 49.2 Å².